The first-order valence-electron chi connectivity index (χ1n) is 10.3. The van der Waals surface area contributed by atoms with E-state index in [9.17, 15) is 20.6 Å². The molecule has 3 aromatic rings. The maximum Gasteiger partial charge on any atom is 0.269 e. The van der Waals surface area contributed by atoms with E-state index in [1.165, 1.54) is 12.1 Å². The van der Waals surface area contributed by atoms with Gasteiger partial charge in [0.25, 0.3) is 5.69 Å². The van der Waals surface area contributed by atoms with Gasteiger partial charge in [0.15, 0.2) is 0 Å². The molecule has 0 atom stereocenters. The zero-order valence-corrected chi connectivity index (χ0v) is 18.5. The van der Waals surface area contributed by atoms with Crippen LogP contribution in [0.4, 0.5) is 11.5 Å². The highest BCUT2D eigenvalue weighted by Gasteiger charge is 2.29. The van der Waals surface area contributed by atoms with E-state index in [0.29, 0.717) is 28.1 Å². The number of aromatic nitrogens is 1. The van der Waals surface area contributed by atoms with Crippen molar-refractivity contribution in [3.63, 3.8) is 0 Å². The van der Waals surface area contributed by atoms with Crippen LogP contribution in [0.3, 0.4) is 0 Å². The van der Waals surface area contributed by atoms with Crippen molar-refractivity contribution in [3.8, 4) is 17.9 Å². The fourth-order valence-corrected chi connectivity index (χ4v) is 3.90. The quantitative estimate of drug-likeness (QED) is 0.418. The predicted molar refractivity (Wildman–Crippen MR) is 128 cm³/mol. The minimum absolute atomic E-state index is 0.0357. The summed E-state index contributed by atoms with van der Waals surface area (Å²) in [5, 5.41) is 29.9. The molecule has 4 rings (SSSR count). The highest BCUT2D eigenvalue weighted by atomic mass is 16.6. The Labute approximate surface area is 196 Å². The molecule has 1 heterocycles. The summed E-state index contributed by atoms with van der Waals surface area (Å²) in [6, 6.07) is 18.0. The first-order chi connectivity index (χ1) is 16.3. The van der Waals surface area contributed by atoms with Crippen LogP contribution in [0.5, 0.6) is 5.75 Å². The minimum atomic E-state index is -0.440. The maximum absolute atomic E-state index is 10.8. The minimum Gasteiger partial charge on any atom is -0.489 e. The first-order valence-corrected chi connectivity index (χ1v) is 10.3. The Morgan fingerprint density at radius 3 is 2.35 bits per heavy atom. The number of nitro benzene ring substituents is 1. The van der Waals surface area contributed by atoms with Crippen molar-refractivity contribution in [1.29, 1.82) is 10.5 Å². The van der Waals surface area contributed by atoms with Gasteiger partial charge in [-0.05, 0) is 72.0 Å². The van der Waals surface area contributed by atoms with Crippen LogP contribution in [-0.2, 0) is 6.61 Å². The molecule has 1 aromatic heterocycles. The molecule has 0 saturated heterocycles. The molecular weight excluding hydrogens is 430 g/mol. The third-order valence-electron chi connectivity index (χ3n) is 5.73. The Bertz CT molecular complexity index is 1450. The molecule has 34 heavy (non-hydrogen) atoms. The Morgan fingerprint density at radius 2 is 1.76 bits per heavy atom. The van der Waals surface area contributed by atoms with Crippen LogP contribution in [0.2, 0.25) is 0 Å². The lowest BCUT2D eigenvalue weighted by atomic mass is 9.95. The van der Waals surface area contributed by atoms with E-state index in [1.807, 2.05) is 44.2 Å². The van der Waals surface area contributed by atoms with Gasteiger partial charge in [-0.25, -0.2) is 4.98 Å². The number of fused-ring (bicyclic) bond motifs is 1. The van der Waals surface area contributed by atoms with E-state index >= 15 is 0 Å². The van der Waals surface area contributed by atoms with E-state index in [1.54, 1.807) is 12.1 Å². The number of nitrogens with two attached hydrogens (primary N) is 1. The van der Waals surface area contributed by atoms with E-state index in [-0.39, 0.29) is 18.1 Å². The van der Waals surface area contributed by atoms with Crippen LogP contribution in [0, 0.1) is 39.7 Å². The van der Waals surface area contributed by atoms with Crippen LogP contribution in [0.15, 0.2) is 54.1 Å². The Morgan fingerprint density at radius 1 is 1.09 bits per heavy atom. The molecule has 0 unspecified atom stereocenters. The van der Waals surface area contributed by atoms with Gasteiger partial charge in [-0.2, -0.15) is 10.5 Å². The normalized spacial score (nSPS) is 13.4. The summed E-state index contributed by atoms with van der Waals surface area (Å²) in [6.45, 7) is 3.95. The third kappa shape index (κ3) is 3.96. The van der Waals surface area contributed by atoms with Gasteiger partial charge in [-0.15, -0.1) is 0 Å². The van der Waals surface area contributed by atoms with Crippen molar-refractivity contribution in [3.05, 3.63) is 97.7 Å². The summed E-state index contributed by atoms with van der Waals surface area (Å²) >= 11 is 0. The van der Waals surface area contributed by atoms with E-state index in [0.717, 1.165) is 27.8 Å². The van der Waals surface area contributed by atoms with Gasteiger partial charge in [-0.3, -0.25) is 10.1 Å². The maximum atomic E-state index is 10.8. The Kier molecular flexibility index (Phi) is 5.82. The standard InChI is InChI=1S/C26H19N5O3/c1-15-21(24-16(2)23(13-28)26(29)30-25(24)22(15)12-27)11-17-5-9-20(10-6-17)34-14-18-3-7-19(8-4-18)31(32)33/h3-11H,14H2,1-2H3,(H2,29,30). The van der Waals surface area contributed by atoms with Crippen molar-refractivity contribution in [2.45, 2.75) is 20.5 Å². The highest BCUT2D eigenvalue weighted by Crippen LogP contribution is 2.44. The summed E-state index contributed by atoms with van der Waals surface area (Å²) in [4.78, 5) is 14.7. The lowest BCUT2D eigenvalue weighted by Crippen LogP contribution is -2.03. The predicted octanol–water partition coefficient (Wildman–Crippen LogP) is 5.18. The molecule has 8 heteroatoms. The number of anilines is 1. The number of hydrogen-bond donors (Lipinski definition) is 1. The summed E-state index contributed by atoms with van der Waals surface area (Å²) in [6.07, 6.45) is 1.95. The zero-order valence-electron chi connectivity index (χ0n) is 18.5. The molecule has 166 valence electrons. The fourth-order valence-electron chi connectivity index (χ4n) is 3.90. The molecule has 0 aliphatic heterocycles. The van der Waals surface area contributed by atoms with E-state index in [4.69, 9.17) is 10.5 Å². The van der Waals surface area contributed by atoms with Gasteiger partial charge < -0.3 is 10.5 Å². The number of nitro groups is 1. The van der Waals surface area contributed by atoms with Crippen molar-refractivity contribution in [2.24, 2.45) is 0 Å². The fraction of sp³-hybridized carbons (Fsp3) is 0.115. The molecule has 8 nitrogen and oxygen atoms in total. The molecule has 2 N–H and O–H groups in total. The van der Waals surface area contributed by atoms with Crippen LogP contribution >= 0.6 is 0 Å². The second kappa shape index (κ2) is 8.89. The van der Waals surface area contributed by atoms with Crippen molar-refractivity contribution < 1.29 is 9.66 Å². The highest BCUT2D eigenvalue weighted by molar-refractivity contribution is 6.08. The average molecular weight is 449 g/mol. The number of hydrogen-bond acceptors (Lipinski definition) is 7. The number of benzene rings is 2. The molecule has 0 saturated carbocycles. The SMILES string of the molecule is CC1=C(C#N)c2nc(N)c(C#N)c(C)c2C1=Cc1ccc(OCc2ccc([N+](=O)[O-])cc2)cc1. The van der Waals surface area contributed by atoms with Gasteiger partial charge in [0.1, 0.15) is 30.3 Å². The number of nitriles is 2. The average Bonchev–Trinajstić information content (AvgIpc) is 3.09. The third-order valence-corrected chi connectivity index (χ3v) is 5.73. The summed E-state index contributed by atoms with van der Waals surface area (Å²) in [7, 11) is 0. The van der Waals surface area contributed by atoms with Crippen molar-refractivity contribution in [2.75, 3.05) is 5.73 Å². The van der Waals surface area contributed by atoms with Crippen molar-refractivity contribution in [1.82, 2.24) is 4.98 Å². The van der Waals surface area contributed by atoms with E-state index < -0.39 is 4.92 Å². The molecular formula is C26H19N5O3. The number of rotatable bonds is 5. The molecule has 1 aliphatic rings. The van der Waals surface area contributed by atoms with Gasteiger partial charge in [0, 0.05) is 17.7 Å². The van der Waals surface area contributed by atoms with Gasteiger partial charge in [0.2, 0.25) is 0 Å². The Hall–Kier alpha value is -4.95. The van der Waals surface area contributed by atoms with Crippen LogP contribution in [0.1, 0.15) is 40.4 Å². The zero-order chi connectivity index (χ0) is 24.4. The molecule has 0 spiro atoms. The molecule has 0 fully saturated rings. The number of non-ortho nitro benzene ring substituents is 1. The number of nitrogens with zero attached hydrogens (tertiary/aromatic N) is 4. The monoisotopic (exact) mass is 449 g/mol. The van der Waals surface area contributed by atoms with Crippen LogP contribution < -0.4 is 10.5 Å². The van der Waals surface area contributed by atoms with Gasteiger partial charge in [-0.1, -0.05) is 12.1 Å². The summed E-state index contributed by atoms with van der Waals surface area (Å²) in [5.41, 5.74) is 12.0. The molecule has 1 aliphatic carbocycles. The Balaban J connectivity index is 1.59. The molecule has 2 aromatic carbocycles. The lowest BCUT2D eigenvalue weighted by molar-refractivity contribution is -0.384. The molecule has 0 amide bonds. The molecule has 0 radical (unpaired) electrons. The van der Waals surface area contributed by atoms with Crippen molar-refractivity contribution >= 4 is 28.7 Å². The lowest BCUT2D eigenvalue weighted by Gasteiger charge is -2.11. The van der Waals surface area contributed by atoms with Gasteiger partial charge in [0.05, 0.1) is 21.8 Å². The van der Waals surface area contributed by atoms with Crippen LogP contribution in [-0.4, -0.2) is 9.91 Å². The molecule has 0 bridgehead atoms. The topological polar surface area (TPSA) is 139 Å². The largest absolute Gasteiger partial charge is 0.489 e. The van der Waals surface area contributed by atoms with Gasteiger partial charge >= 0.3 is 0 Å². The van der Waals surface area contributed by atoms with Crippen LogP contribution in [0.25, 0.3) is 17.2 Å². The smallest absolute Gasteiger partial charge is 0.269 e. The van der Waals surface area contributed by atoms with E-state index in [2.05, 4.69) is 17.1 Å². The number of nitrogen functional groups attached to an aromatic ring is 1. The summed E-state index contributed by atoms with van der Waals surface area (Å²) in [5.74, 6) is 0.768. The number of pyridine rings is 1. The summed E-state index contributed by atoms with van der Waals surface area (Å²) < 4.78 is 5.79. The second-order valence-electron chi connectivity index (χ2n) is 7.78. The number of allylic oxidation sites excluding steroid dienone is 3. The second-order valence-corrected chi connectivity index (χ2v) is 7.78. The number of ether oxygens (including phenoxy) is 1. The first kappa shape index (κ1) is 22.3.